The Kier molecular flexibility index (Phi) is 4.76. The minimum atomic E-state index is -3.15. The molecule has 2 nitrogen and oxygen atoms in total. The van der Waals surface area contributed by atoms with E-state index in [-0.39, 0.29) is 6.10 Å². The van der Waals surface area contributed by atoms with Gasteiger partial charge in [-0.3, -0.25) is 4.57 Å². The normalized spacial score (nSPS) is 12.7. The standard InChI is InChI=1S/C20H19O2P/c1-17(18-11-5-2-6-12-18)22-23(21,19-13-7-3-8-14-19)20-15-9-4-10-16-20/h2-17H,1H3/t17-/m1/s1. The molecule has 1 atom stereocenters. The second kappa shape index (κ2) is 6.95. The number of hydrogen-bond acceptors (Lipinski definition) is 2. The highest BCUT2D eigenvalue weighted by atomic mass is 31.2. The highest BCUT2D eigenvalue weighted by Gasteiger charge is 2.30. The van der Waals surface area contributed by atoms with Gasteiger partial charge in [-0.1, -0.05) is 66.7 Å². The van der Waals surface area contributed by atoms with E-state index in [4.69, 9.17) is 4.52 Å². The van der Waals surface area contributed by atoms with Crippen LogP contribution in [0.2, 0.25) is 0 Å². The lowest BCUT2D eigenvalue weighted by molar-refractivity contribution is 0.238. The summed E-state index contributed by atoms with van der Waals surface area (Å²) in [6.07, 6.45) is -0.262. The van der Waals surface area contributed by atoms with Gasteiger partial charge in [0, 0.05) is 10.6 Å². The Bertz CT molecular complexity index is 742. The first-order valence-corrected chi connectivity index (χ1v) is 9.27. The van der Waals surface area contributed by atoms with Gasteiger partial charge in [-0.25, -0.2) is 0 Å². The molecule has 0 aromatic heterocycles. The van der Waals surface area contributed by atoms with Gasteiger partial charge in [-0.2, -0.15) is 0 Å². The van der Waals surface area contributed by atoms with E-state index in [2.05, 4.69) is 0 Å². The second-order valence-corrected chi connectivity index (χ2v) is 7.73. The molecule has 0 bridgehead atoms. The number of hydrogen-bond donors (Lipinski definition) is 0. The van der Waals surface area contributed by atoms with E-state index in [1.165, 1.54) is 0 Å². The molecular formula is C20H19O2P. The molecule has 0 spiro atoms. The fraction of sp³-hybridized carbons (Fsp3) is 0.100. The Morgan fingerprint density at radius 2 is 1.09 bits per heavy atom. The molecule has 0 unspecified atom stereocenters. The van der Waals surface area contributed by atoms with Gasteiger partial charge in [0.2, 0.25) is 0 Å². The van der Waals surface area contributed by atoms with Crippen LogP contribution in [0, 0.1) is 0 Å². The van der Waals surface area contributed by atoms with Crippen LogP contribution in [0.3, 0.4) is 0 Å². The molecule has 0 saturated carbocycles. The zero-order chi connectivity index (χ0) is 16.1. The summed E-state index contributed by atoms with van der Waals surface area (Å²) in [5, 5.41) is 1.43. The molecule has 3 rings (SSSR count). The van der Waals surface area contributed by atoms with Crippen LogP contribution >= 0.6 is 7.37 Å². The van der Waals surface area contributed by atoms with Crippen LogP contribution in [0.4, 0.5) is 0 Å². The van der Waals surface area contributed by atoms with Crippen LogP contribution in [0.1, 0.15) is 18.6 Å². The zero-order valence-corrected chi connectivity index (χ0v) is 13.9. The second-order valence-electron chi connectivity index (χ2n) is 5.38. The minimum Gasteiger partial charge on any atom is -0.314 e. The van der Waals surface area contributed by atoms with Crippen molar-refractivity contribution < 1.29 is 9.09 Å². The average molecular weight is 322 g/mol. The molecule has 0 N–H and O–H groups in total. The molecule has 0 aliphatic carbocycles. The van der Waals surface area contributed by atoms with E-state index < -0.39 is 7.37 Å². The fourth-order valence-corrected chi connectivity index (χ4v) is 4.76. The van der Waals surface area contributed by atoms with Crippen molar-refractivity contribution in [3.8, 4) is 0 Å². The molecule has 0 amide bonds. The predicted molar refractivity (Wildman–Crippen MR) is 95.7 cm³/mol. The lowest BCUT2D eigenvalue weighted by Crippen LogP contribution is -2.19. The maximum Gasteiger partial charge on any atom is 0.261 e. The molecule has 0 heterocycles. The van der Waals surface area contributed by atoms with Gasteiger partial charge in [0.25, 0.3) is 7.37 Å². The van der Waals surface area contributed by atoms with E-state index in [1.807, 2.05) is 97.9 Å². The van der Waals surface area contributed by atoms with Crippen molar-refractivity contribution in [3.63, 3.8) is 0 Å². The Morgan fingerprint density at radius 3 is 1.52 bits per heavy atom. The summed E-state index contributed by atoms with van der Waals surface area (Å²) in [4.78, 5) is 0. The first kappa shape index (κ1) is 15.7. The van der Waals surface area contributed by atoms with Crippen LogP contribution in [0.25, 0.3) is 0 Å². The molecule has 3 heteroatoms. The fourth-order valence-electron chi connectivity index (χ4n) is 2.53. The van der Waals surface area contributed by atoms with E-state index in [0.29, 0.717) is 10.6 Å². The summed E-state index contributed by atoms with van der Waals surface area (Å²) in [6, 6.07) is 28.7. The van der Waals surface area contributed by atoms with E-state index in [9.17, 15) is 4.57 Å². The third kappa shape index (κ3) is 3.44. The molecule has 0 aliphatic heterocycles. The zero-order valence-electron chi connectivity index (χ0n) is 13.0. The highest BCUT2D eigenvalue weighted by molar-refractivity contribution is 7.74. The molecule has 0 radical (unpaired) electrons. The van der Waals surface area contributed by atoms with Gasteiger partial charge >= 0.3 is 0 Å². The molecular weight excluding hydrogens is 303 g/mol. The van der Waals surface area contributed by atoms with Gasteiger partial charge < -0.3 is 4.52 Å². The number of rotatable bonds is 5. The van der Waals surface area contributed by atoms with Crippen molar-refractivity contribution >= 4 is 18.0 Å². The first-order chi connectivity index (χ1) is 11.2. The van der Waals surface area contributed by atoms with Crippen molar-refractivity contribution in [2.75, 3.05) is 0 Å². The largest absolute Gasteiger partial charge is 0.314 e. The topological polar surface area (TPSA) is 26.3 Å². The summed E-state index contributed by atoms with van der Waals surface area (Å²) >= 11 is 0. The highest BCUT2D eigenvalue weighted by Crippen LogP contribution is 2.48. The van der Waals surface area contributed by atoms with Crippen molar-refractivity contribution in [1.29, 1.82) is 0 Å². The quantitative estimate of drug-likeness (QED) is 0.637. The Morgan fingerprint density at radius 1 is 0.696 bits per heavy atom. The average Bonchev–Trinajstić information content (AvgIpc) is 2.64. The summed E-state index contributed by atoms with van der Waals surface area (Å²) in [7, 11) is -3.15. The van der Waals surface area contributed by atoms with Gasteiger partial charge in [0.05, 0.1) is 6.10 Å². The summed E-state index contributed by atoms with van der Waals surface area (Å²) in [5.74, 6) is 0. The van der Waals surface area contributed by atoms with Gasteiger partial charge in [0.1, 0.15) is 0 Å². The molecule has 116 valence electrons. The lowest BCUT2D eigenvalue weighted by Gasteiger charge is -2.24. The van der Waals surface area contributed by atoms with Crippen LogP contribution < -0.4 is 10.6 Å². The Labute approximate surface area is 137 Å². The first-order valence-electron chi connectivity index (χ1n) is 7.65. The SMILES string of the molecule is C[C@@H](OP(=O)(c1ccccc1)c1ccccc1)c1ccccc1. The third-order valence-corrected chi connectivity index (χ3v) is 6.34. The van der Waals surface area contributed by atoms with Crippen LogP contribution in [0.5, 0.6) is 0 Å². The van der Waals surface area contributed by atoms with E-state index in [0.717, 1.165) is 5.56 Å². The third-order valence-electron chi connectivity index (χ3n) is 3.77. The Balaban J connectivity index is 2.02. The monoisotopic (exact) mass is 322 g/mol. The van der Waals surface area contributed by atoms with Gasteiger partial charge in [-0.05, 0) is 36.8 Å². The van der Waals surface area contributed by atoms with Crippen molar-refractivity contribution in [3.05, 3.63) is 96.6 Å². The Hall–Kier alpha value is -2.15. The summed E-state index contributed by atoms with van der Waals surface area (Å²) in [6.45, 7) is 1.94. The van der Waals surface area contributed by atoms with E-state index in [1.54, 1.807) is 0 Å². The summed E-state index contributed by atoms with van der Waals surface area (Å²) < 4.78 is 19.9. The molecule has 0 fully saturated rings. The number of benzene rings is 3. The summed E-state index contributed by atoms with van der Waals surface area (Å²) in [5.41, 5.74) is 1.01. The maximum absolute atomic E-state index is 13.8. The molecule has 23 heavy (non-hydrogen) atoms. The van der Waals surface area contributed by atoms with Crippen molar-refractivity contribution in [1.82, 2.24) is 0 Å². The minimum absolute atomic E-state index is 0.262. The predicted octanol–water partition coefficient (Wildman–Crippen LogP) is 4.69. The van der Waals surface area contributed by atoms with Crippen molar-refractivity contribution in [2.45, 2.75) is 13.0 Å². The van der Waals surface area contributed by atoms with E-state index >= 15 is 0 Å². The van der Waals surface area contributed by atoms with Gasteiger partial charge in [-0.15, -0.1) is 0 Å². The lowest BCUT2D eigenvalue weighted by atomic mass is 10.1. The molecule has 3 aromatic rings. The van der Waals surface area contributed by atoms with Crippen LogP contribution in [-0.4, -0.2) is 0 Å². The molecule has 0 saturated heterocycles. The van der Waals surface area contributed by atoms with Gasteiger partial charge in [0.15, 0.2) is 0 Å². The molecule has 3 aromatic carbocycles. The molecule has 0 aliphatic rings. The van der Waals surface area contributed by atoms with Crippen molar-refractivity contribution in [2.24, 2.45) is 0 Å². The smallest absolute Gasteiger partial charge is 0.261 e. The maximum atomic E-state index is 13.8. The van der Waals surface area contributed by atoms with Crippen LogP contribution in [-0.2, 0) is 9.09 Å². The van der Waals surface area contributed by atoms with Crippen LogP contribution in [0.15, 0.2) is 91.0 Å².